The van der Waals surface area contributed by atoms with E-state index in [1.165, 1.54) is 6.92 Å². The number of nitrogens with zero attached hydrogens (tertiary/aromatic N) is 5. The molecule has 9 heteroatoms. The standard InChI is InChI=1S/C27H28BrN7O/c1-18(21-7-9-23(10-8-21)32-19(2)36)34-12-4-6-22(17-34)25-13-26(30-15-20-5-3-11-29-14-20)35-27(33-25)24(28)16-31-35/h3,5,7-11,13-14,16,22,30H,1,4,6,12,15,17H2,2H3,(H,32,36). The highest BCUT2D eigenvalue weighted by Gasteiger charge is 2.25. The molecule has 0 spiro atoms. The summed E-state index contributed by atoms with van der Waals surface area (Å²) in [5.41, 5.74) is 5.74. The minimum Gasteiger partial charge on any atom is -0.371 e. The van der Waals surface area contributed by atoms with Crippen LogP contribution in [0.25, 0.3) is 11.3 Å². The van der Waals surface area contributed by atoms with Gasteiger partial charge in [-0.25, -0.2) is 4.98 Å². The first-order chi connectivity index (χ1) is 17.5. The second kappa shape index (κ2) is 10.5. The lowest BCUT2D eigenvalue weighted by molar-refractivity contribution is -0.114. The number of fused-ring (bicyclic) bond motifs is 1. The van der Waals surface area contributed by atoms with E-state index in [1.807, 2.05) is 47.1 Å². The number of nitrogens with one attached hydrogen (secondary N) is 2. The van der Waals surface area contributed by atoms with Gasteiger partial charge in [-0.2, -0.15) is 9.61 Å². The Morgan fingerprint density at radius 3 is 2.81 bits per heavy atom. The molecule has 2 N–H and O–H groups in total. The molecule has 1 saturated heterocycles. The molecule has 1 atom stereocenters. The SMILES string of the molecule is C=C(c1ccc(NC(C)=O)cc1)N1CCCC(c2cc(NCc3cccnc3)n3ncc(Br)c3n2)C1. The molecule has 4 aromatic rings. The van der Waals surface area contributed by atoms with Gasteiger partial charge in [0, 0.05) is 62.3 Å². The van der Waals surface area contributed by atoms with Crippen LogP contribution in [0.15, 0.2) is 72.1 Å². The van der Waals surface area contributed by atoms with Gasteiger partial charge in [0.1, 0.15) is 5.82 Å². The van der Waals surface area contributed by atoms with Crippen LogP contribution in [-0.2, 0) is 11.3 Å². The Morgan fingerprint density at radius 1 is 1.22 bits per heavy atom. The van der Waals surface area contributed by atoms with Crippen molar-refractivity contribution in [3.8, 4) is 0 Å². The Hall–Kier alpha value is -3.72. The highest BCUT2D eigenvalue weighted by molar-refractivity contribution is 9.10. The summed E-state index contributed by atoms with van der Waals surface area (Å²) in [7, 11) is 0. The molecule has 4 heterocycles. The number of amides is 1. The van der Waals surface area contributed by atoms with Gasteiger partial charge < -0.3 is 15.5 Å². The topological polar surface area (TPSA) is 87.5 Å². The lowest BCUT2D eigenvalue weighted by Gasteiger charge is -2.35. The molecule has 1 amide bonds. The van der Waals surface area contributed by atoms with Crippen LogP contribution in [0.4, 0.5) is 11.5 Å². The molecular weight excluding hydrogens is 518 g/mol. The number of likely N-dealkylation sites (tertiary alicyclic amines) is 1. The van der Waals surface area contributed by atoms with E-state index in [0.717, 1.165) is 70.1 Å². The Morgan fingerprint density at radius 2 is 2.06 bits per heavy atom. The lowest BCUT2D eigenvalue weighted by Crippen LogP contribution is -2.33. The van der Waals surface area contributed by atoms with E-state index in [1.54, 1.807) is 12.4 Å². The Balaban J connectivity index is 1.36. The Kier molecular flexibility index (Phi) is 6.99. The molecular formula is C27H28BrN7O. The summed E-state index contributed by atoms with van der Waals surface area (Å²) in [6.07, 6.45) is 7.53. The summed E-state index contributed by atoms with van der Waals surface area (Å²) in [6, 6.07) is 13.9. The number of pyridine rings is 1. The molecule has 36 heavy (non-hydrogen) atoms. The van der Waals surface area contributed by atoms with Crippen LogP contribution in [0.1, 0.15) is 42.5 Å². The molecule has 1 unspecified atom stereocenters. The summed E-state index contributed by atoms with van der Waals surface area (Å²) in [5, 5.41) is 10.8. The zero-order valence-electron chi connectivity index (χ0n) is 20.1. The van der Waals surface area contributed by atoms with Gasteiger partial charge in [0.15, 0.2) is 5.65 Å². The van der Waals surface area contributed by atoms with Gasteiger partial charge in [0.2, 0.25) is 5.91 Å². The first-order valence-electron chi connectivity index (χ1n) is 12.0. The van der Waals surface area contributed by atoms with Crippen LogP contribution in [0.5, 0.6) is 0 Å². The molecule has 0 radical (unpaired) electrons. The molecule has 0 aliphatic carbocycles. The van der Waals surface area contributed by atoms with Gasteiger partial charge in [0.05, 0.1) is 16.4 Å². The number of carbonyl (C=O) groups is 1. The van der Waals surface area contributed by atoms with E-state index in [9.17, 15) is 4.79 Å². The second-order valence-corrected chi connectivity index (χ2v) is 9.85. The van der Waals surface area contributed by atoms with Gasteiger partial charge in [0.25, 0.3) is 0 Å². The van der Waals surface area contributed by atoms with Crippen molar-refractivity contribution < 1.29 is 4.79 Å². The number of anilines is 2. The van der Waals surface area contributed by atoms with Crippen LogP contribution in [0, 0.1) is 0 Å². The van der Waals surface area contributed by atoms with Crippen molar-refractivity contribution in [1.29, 1.82) is 0 Å². The molecule has 0 saturated carbocycles. The van der Waals surface area contributed by atoms with Crippen molar-refractivity contribution in [3.63, 3.8) is 0 Å². The minimum atomic E-state index is -0.0796. The molecule has 1 aliphatic heterocycles. The van der Waals surface area contributed by atoms with E-state index in [4.69, 9.17) is 4.98 Å². The molecule has 5 rings (SSSR count). The van der Waals surface area contributed by atoms with Gasteiger partial charge in [-0.15, -0.1) is 0 Å². The van der Waals surface area contributed by atoms with Gasteiger partial charge in [-0.1, -0.05) is 24.8 Å². The molecule has 3 aromatic heterocycles. The van der Waals surface area contributed by atoms with E-state index in [0.29, 0.717) is 6.54 Å². The van der Waals surface area contributed by atoms with E-state index in [-0.39, 0.29) is 11.8 Å². The summed E-state index contributed by atoms with van der Waals surface area (Å²) in [5.74, 6) is 1.08. The molecule has 184 valence electrons. The predicted molar refractivity (Wildman–Crippen MR) is 146 cm³/mol. The predicted octanol–water partition coefficient (Wildman–Crippen LogP) is 5.31. The maximum atomic E-state index is 11.3. The fourth-order valence-corrected chi connectivity index (χ4v) is 4.93. The molecule has 0 bridgehead atoms. The summed E-state index contributed by atoms with van der Waals surface area (Å²) >= 11 is 3.61. The summed E-state index contributed by atoms with van der Waals surface area (Å²) < 4.78 is 2.70. The number of halogens is 1. The van der Waals surface area contributed by atoms with Crippen LogP contribution in [0.2, 0.25) is 0 Å². The van der Waals surface area contributed by atoms with Gasteiger partial charge in [-0.3, -0.25) is 9.78 Å². The number of aromatic nitrogens is 4. The number of hydrogen-bond donors (Lipinski definition) is 2. The average molecular weight is 546 g/mol. The maximum absolute atomic E-state index is 11.3. The third kappa shape index (κ3) is 5.26. The zero-order valence-corrected chi connectivity index (χ0v) is 21.7. The normalized spacial score (nSPS) is 15.6. The van der Waals surface area contributed by atoms with E-state index in [2.05, 4.69) is 54.2 Å². The van der Waals surface area contributed by atoms with E-state index < -0.39 is 0 Å². The number of piperidine rings is 1. The van der Waals surface area contributed by atoms with Crippen LogP contribution in [0.3, 0.4) is 0 Å². The van der Waals surface area contributed by atoms with Crippen molar-refractivity contribution in [2.24, 2.45) is 0 Å². The van der Waals surface area contributed by atoms with Crippen molar-refractivity contribution in [2.75, 3.05) is 23.7 Å². The van der Waals surface area contributed by atoms with Gasteiger partial charge in [-0.05, 0) is 58.1 Å². The van der Waals surface area contributed by atoms with Crippen LogP contribution >= 0.6 is 15.9 Å². The van der Waals surface area contributed by atoms with E-state index >= 15 is 0 Å². The third-order valence-electron chi connectivity index (χ3n) is 6.40. The van der Waals surface area contributed by atoms with Crippen molar-refractivity contribution in [1.82, 2.24) is 24.5 Å². The maximum Gasteiger partial charge on any atom is 0.221 e. The van der Waals surface area contributed by atoms with Crippen molar-refractivity contribution >= 4 is 44.7 Å². The third-order valence-corrected chi connectivity index (χ3v) is 6.96. The lowest BCUT2D eigenvalue weighted by atomic mass is 9.93. The number of hydrogen-bond acceptors (Lipinski definition) is 6. The summed E-state index contributed by atoms with van der Waals surface area (Å²) in [6.45, 7) is 8.32. The number of rotatable bonds is 7. The molecule has 1 fully saturated rings. The molecule has 1 aromatic carbocycles. The molecule has 8 nitrogen and oxygen atoms in total. The van der Waals surface area contributed by atoms with Crippen molar-refractivity contribution in [2.45, 2.75) is 32.2 Å². The fraction of sp³-hybridized carbons (Fsp3) is 0.259. The first-order valence-corrected chi connectivity index (χ1v) is 12.8. The Labute approximate surface area is 218 Å². The van der Waals surface area contributed by atoms with Crippen LogP contribution < -0.4 is 10.6 Å². The number of benzene rings is 1. The van der Waals surface area contributed by atoms with Crippen LogP contribution in [-0.4, -0.2) is 43.5 Å². The highest BCUT2D eigenvalue weighted by Crippen LogP contribution is 2.33. The smallest absolute Gasteiger partial charge is 0.221 e. The first kappa shape index (κ1) is 24.0. The fourth-order valence-electron chi connectivity index (χ4n) is 4.58. The monoisotopic (exact) mass is 545 g/mol. The second-order valence-electron chi connectivity index (χ2n) is 9.00. The highest BCUT2D eigenvalue weighted by atomic mass is 79.9. The van der Waals surface area contributed by atoms with Gasteiger partial charge >= 0.3 is 0 Å². The molecule has 1 aliphatic rings. The number of carbonyl (C=O) groups excluding carboxylic acids is 1. The van der Waals surface area contributed by atoms with Crippen molar-refractivity contribution in [3.05, 3.63) is 88.9 Å². The average Bonchev–Trinajstić information content (AvgIpc) is 3.28. The Bertz CT molecular complexity index is 1380. The summed E-state index contributed by atoms with van der Waals surface area (Å²) in [4.78, 5) is 22.8. The minimum absolute atomic E-state index is 0.0796. The largest absolute Gasteiger partial charge is 0.371 e. The quantitative estimate of drug-likeness (QED) is 0.327. The zero-order chi connectivity index (χ0) is 25.1.